The average molecular weight is 461 g/mol. The predicted molar refractivity (Wildman–Crippen MR) is 140 cm³/mol. The van der Waals surface area contributed by atoms with E-state index in [2.05, 4.69) is 64.0 Å². The van der Waals surface area contributed by atoms with Gasteiger partial charge in [0.2, 0.25) is 0 Å². The third kappa shape index (κ3) is 11.6. The molecule has 2 saturated heterocycles. The Morgan fingerprint density at radius 1 is 0.818 bits per heavy atom. The molecule has 2 rings (SSSR count). The van der Waals surface area contributed by atoms with Gasteiger partial charge in [0.05, 0.1) is 5.76 Å². The summed E-state index contributed by atoms with van der Waals surface area (Å²) in [4.78, 5) is 7.66. The molecule has 2 aliphatic rings. The molecule has 0 aromatic rings. The highest BCUT2D eigenvalue weighted by atomic mass is 16.3. The molecule has 2 aliphatic heterocycles. The summed E-state index contributed by atoms with van der Waals surface area (Å²) < 4.78 is 0. The molecule has 0 bridgehead atoms. The van der Waals surface area contributed by atoms with Gasteiger partial charge in [-0.2, -0.15) is 0 Å². The SMILES string of the molecule is C=C(O)CCCNC(=C)CCNC(=C)CCNC(=C)CN1CCCC1CN1CCN(C)CC1. The molecule has 0 amide bonds. The van der Waals surface area contributed by atoms with Crippen molar-refractivity contribution in [1.82, 2.24) is 30.7 Å². The molecule has 0 aromatic heterocycles. The maximum absolute atomic E-state index is 9.10. The van der Waals surface area contributed by atoms with E-state index >= 15 is 0 Å². The molecule has 0 aliphatic carbocycles. The summed E-state index contributed by atoms with van der Waals surface area (Å²) in [5.74, 6) is 0.238. The summed E-state index contributed by atoms with van der Waals surface area (Å²) in [6.07, 6.45) is 5.81. The van der Waals surface area contributed by atoms with Crippen molar-refractivity contribution in [2.75, 3.05) is 72.5 Å². The molecule has 0 aromatic carbocycles. The van der Waals surface area contributed by atoms with Gasteiger partial charge in [-0.25, -0.2) is 0 Å². The molecule has 0 radical (unpaired) electrons. The predicted octanol–water partition coefficient (Wildman–Crippen LogP) is 2.64. The molecule has 0 saturated carbocycles. The highest BCUT2D eigenvalue weighted by Gasteiger charge is 2.27. The summed E-state index contributed by atoms with van der Waals surface area (Å²) in [5, 5.41) is 19.3. The van der Waals surface area contributed by atoms with Crippen LogP contribution in [-0.2, 0) is 0 Å². The van der Waals surface area contributed by atoms with Gasteiger partial charge in [0.25, 0.3) is 0 Å². The number of aliphatic hydroxyl groups excluding tert-OH is 1. The molecule has 0 spiro atoms. The van der Waals surface area contributed by atoms with Crippen molar-refractivity contribution in [3.8, 4) is 0 Å². The summed E-state index contributed by atoms with van der Waals surface area (Å²) in [7, 11) is 2.22. The van der Waals surface area contributed by atoms with Crippen LogP contribution in [0.1, 0.15) is 38.5 Å². The van der Waals surface area contributed by atoms with Crippen LogP contribution in [0, 0.1) is 0 Å². The second kappa shape index (κ2) is 15.0. The second-order valence-corrected chi connectivity index (χ2v) is 9.63. The number of likely N-dealkylation sites (N-methyl/N-ethyl adjacent to an activating group) is 1. The van der Waals surface area contributed by atoms with Crippen molar-refractivity contribution < 1.29 is 5.11 Å². The molecule has 7 heteroatoms. The van der Waals surface area contributed by atoms with Gasteiger partial charge in [-0.05, 0) is 32.9 Å². The van der Waals surface area contributed by atoms with E-state index in [1.807, 2.05) is 0 Å². The lowest BCUT2D eigenvalue weighted by Gasteiger charge is -2.36. The second-order valence-electron chi connectivity index (χ2n) is 9.63. The lowest BCUT2D eigenvalue weighted by molar-refractivity contribution is 0.119. The highest BCUT2D eigenvalue weighted by molar-refractivity contribution is 5.01. The van der Waals surface area contributed by atoms with E-state index in [0.29, 0.717) is 12.5 Å². The molecular weight excluding hydrogens is 412 g/mol. The summed E-state index contributed by atoms with van der Waals surface area (Å²) in [6, 6.07) is 0.660. The number of hydrogen-bond acceptors (Lipinski definition) is 7. The Labute approximate surface area is 202 Å². The highest BCUT2D eigenvalue weighted by Crippen LogP contribution is 2.19. The average Bonchev–Trinajstić information content (AvgIpc) is 3.19. The first kappa shape index (κ1) is 27.3. The van der Waals surface area contributed by atoms with E-state index in [0.717, 1.165) is 62.5 Å². The van der Waals surface area contributed by atoms with Crippen LogP contribution in [0.2, 0.25) is 0 Å². The number of piperazine rings is 1. The quantitative estimate of drug-likeness (QED) is 0.197. The maximum Gasteiger partial charge on any atom is 0.0851 e. The van der Waals surface area contributed by atoms with Gasteiger partial charge in [0, 0.05) is 101 Å². The van der Waals surface area contributed by atoms with Crippen molar-refractivity contribution in [3.63, 3.8) is 0 Å². The standard InChI is InChI=1S/C26H48N6O/c1-22(27-12-6-8-25(4)33)10-13-28-23(2)11-14-29-24(3)20-32-15-7-9-26(32)21-31-18-16-30(5)17-19-31/h26-29,33H,1-4,6-21H2,5H3. The molecule has 1 atom stereocenters. The van der Waals surface area contributed by atoms with Crippen LogP contribution in [-0.4, -0.2) is 98.3 Å². The lowest BCUT2D eigenvalue weighted by atomic mass is 10.2. The zero-order valence-corrected chi connectivity index (χ0v) is 21.0. The molecule has 2 fully saturated rings. The topological polar surface area (TPSA) is 66.0 Å². The molecule has 4 N–H and O–H groups in total. The number of nitrogens with zero attached hydrogens (tertiary/aromatic N) is 3. The number of nitrogens with one attached hydrogen (secondary N) is 3. The van der Waals surface area contributed by atoms with Gasteiger partial charge >= 0.3 is 0 Å². The number of allylic oxidation sites excluding steroid dienone is 1. The smallest absolute Gasteiger partial charge is 0.0851 e. The number of hydrogen-bond donors (Lipinski definition) is 4. The first-order chi connectivity index (χ1) is 15.8. The van der Waals surface area contributed by atoms with Crippen molar-refractivity contribution in [1.29, 1.82) is 0 Å². The molecule has 33 heavy (non-hydrogen) atoms. The molecule has 2 heterocycles. The van der Waals surface area contributed by atoms with E-state index in [1.165, 1.54) is 52.1 Å². The van der Waals surface area contributed by atoms with Crippen LogP contribution in [0.3, 0.4) is 0 Å². The molecule has 188 valence electrons. The summed E-state index contributed by atoms with van der Waals surface area (Å²) >= 11 is 0. The van der Waals surface area contributed by atoms with Crippen molar-refractivity contribution in [2.45, 2.75) is 44.6 Å². The third-order valence-electron chi connectivity index (χ3n) is 6.58. The van der Waals surface area contributed by atoms with Gasteiger partial charge < -0.3 is 26.0 Å². The zero-order chi connectivity index (χ0) is 24.1. The maximum atomic E-state index is 9.10. The van der Waals surface area contributed by atoms with Crippen molar-refractivity contribution in [3.05, 3.63) is 49.2 Å². The van der Waals surface area contributed by atoms with E-state index in [4.69, 9.17) is 5.11 Å². The lowest BCUT2D eigenvalue weighted by Crippen LogP contribution is -2.49. The van der Waals surface area contributed by atoms with Crippen LogP contribution >= 0.6 is 0 Å². The van der Waals surface area contributed by atoms with E-state index in [9.17, 15) is 0 Å². The van der Waals surface area contributed by atoms with E-state index < -0.39 is 0 Å². The van der Waals surface area contributed by atoms with Crippen molar-refractivity contribution >= 4 is 0 Å². The normalized spacial score (nSPS) is 19.8. The fourth-order valence-corrected chi connectivity index (χ4v) is 4.45. The van der Waals surface area contributed by atoms with E-state index in [-0.39, 0.29) is 5.76 Å². The summed E-state index contributed by atoms with van der Waals surface area (Å²) in [6.45, 7) is 26.5. The Morgan fingerprint density at radius 2 is 1.42 bits per heavy atom. The molecular formula is C26H48N6O. The number of aliphatic hydroxyl groups is 1. The Hall–Kier alpha value is -1.96. The first-order valence-corrected chi connectivity index (χ1v) is 12.6. The molecule has 7 nitrogen and oxygen atoms in total. The fraction of sp³-hybridized carbons (Fsp3) is 0.692. The van der Waals surface area contributed by atoms with Gasteiger partial charge in [0.15, 0.2) is 0 Å². The van der Waals surface area contributed by atoms with Crippen LogP contribution < -0.4 is 16.0 Å². The van der Waals surface area contributed by atoms with Gasteiger partial charge in [-0.3, -0.25) is 9.80 Å². The van der Waals surface area contributed by atoms with Crippen LogP contribution in [0.25, 0.3) is 0 Å². The zero-order valence-electron chi connectivity index (χ0n) is 21.0. The Balaban J connectivity index is 1.52. The Bertz CT molecular complexity index is 641. The minimum absolute atomic E-state index is 0.238. The monoisotopic (exact) mass is 460 g/mol. The summed E-state index contributed by atoms with van der Waals surface area (Å²) in [5.41, 5.74) is 3.15. The minimum atomic E-state index is 0.238. The Kier molecular flexibility index (Phi) is 12.4. The van der Waals surface area contributed by atoms with Gasteiger partial charge in [-0.15, -0.1) is 0 Å². The van der Waals surface area contributed by atoms with Gasteiger partial charge in [0.1, 0.15) is 0 Å². The van der Waals surface area contributed by atoms with Crippen LogP contribution in [0.15, 0.2) is 49.2 Å². The van der Waals surface area contributed by atoms with Gasteiger partial charge in [-0.1, -0.05) is 26.3 Å². The van der Waals surface area contributed by atoms with Crippen LogP contribution in [0.5, 0.6) is 0 Å². The Morgan fingerprint density at radius 3 is 2.06 bits per heavy atom. The largest absolute Gasteiger partial charge is 0.513 e. The number of likely N-dealkylation sites (tertiary alicyclic amines) is 1. The third-order valence-corrected chi connectivity index (χ3v) is 6.58. The minimum Gasteiger partial charge on any atom is -0.513 e. The number of rotatable bonds is 17. The van der Waals surface area contributed by atoms with Crippen LogP contribution in [0.4, 0.5) is 0 Å². The van der Waals surface area contributed by atoms with E-state index in [1.54, 1.807) is 0 Å². The fourth-order valence-electron chi connectivity index (χ4n) is 4.45. The first-order valence-electron chi connectivity index (χ1n) is 12.6. The molecule has 1 unspecified atom stereocenters. The van der Waals surface area contributed by atoms with Crippen molar-refractivity contribution in [2.24, 2.45) is 0 Å².